The molecule has 4 aliphatic carbocycles. The zero-order valence-corrected chi connectivity index (χ0v) is 16.4. The fourth-order valence-corrected chi connectivity index (χ4v) is 5.29. The van der Waals surface area contributed by atoms with Gasteiger partial charge in [-0.1, -0.05) is 0 Å². The van der Waals surface area contributed by atoms with Crippen LogP contribution in [0, 0.1) is 0 Å². The van der Waals surface area contributed by atoms with Crippen molar-refractivity contribution in [3.63, 3.8) is 0 Å². The fourth-order valence-electron chi connectivity index (χ4n) is 5.06. The molecule has 2 amide bonds. The van der Waals surface area contributed by atoms with Crippen LogP contribution in [0.1, 0.15) is 38.5 Å². The van der Waals surface area contributed by atoms with Crippen molar-refractivity contribution in [1.29, 1.82) is 0 Å². The number of amides is 2. The maximum atomic E-state index is 13.6. The maximum Gasteiger partial charge on any atom is 0.252 e. The second-order valence-corrected chi connectivity index (χ2v) is 9.30. The Morgan fingerprint density at radius 1 is 1.26 bits per heavy atom. The highest BCUT2D eigenvalue weighted by atomic mass is 35.5. The number of carbonyl (C=O) groups excluding carboxylic acids is 2. The van der Waals surface area contributed by atoms with Crippen LogP contribution in [0.5, 0.6) is 0 Å². The van der Waals surface area contributed by atoms with E-state index >= 15 is 0 Å². The van der Waals surface area contributed by atoms with Gasteiger partial charge in [-0.3, -0.25) is 19.8 Å². The quantitative estimate of drug-likeness (QED) is 0.555. The molecule has 152 valence electrons. The van der Waals surface area contributed by atoms with Gasteiger partial charge >= 0.3 is 0 Å². The van der Waals surface area contributed by atoms with Crippen molar-refractivity contribution in [2.45, 2.75) is 73.4 Å². The Bertz CT molecular complexity index is 602. The number of rotatable bonds is 6. The van der Waals surface area contributed by atoms with Gasteiger partial charge in [0.05, 0.1) is 11.5 Å². The summed E-state index contributed by atoms with van der Waals surface area (Å²) < 4.78 is 19.2. The van der Waals surface area contributed by atoms with E-state index in [0.717, 1.165) is 32.4 Å². The summed E-state index contributed by atoms with van der Waals surface area (Å²) in [5.74, 6) is -0.163. The van der Waals surface area contributed by atoms with Crippen LogP contribution in [-0.4, -0.2) is 78.4 Å². The summed E-state index contributed by atoms with van der Waals surface area (Å²) in [6.45, 7) is 1.63. The number of alkyl halides is 2. The highest BCUT2D eigenvalue weighted by Crippen LogP contribution is 2.60. The Hall–Kier alpha value is -0.960. The van der Waals surface area contributed by atoms with Crippen molar-refractivity contribution in [3.05, 3.63) is 0 Å². The summed E-state index contributed by atoms with van der Waals surface area (Å²) in [6, 6.07) is 0. The lowest BCUT2D eigenvalue weighted by molar-refractivity contribution is -0.155. The van der Waals surface area contributed by atoms with Crippen LogP contribution >= 0.6 is 11.6 Å². The SMILES string of the molecule is CN1CCNC1C(=O)NC12CC(NC(=O)COC3CCC(Cl)C(F)C3)(C1)C2. The largest absolute Gasteiger partial charge is 0.368 e. The third kappa shape index (κ3) is 3.81. The van der Waals surface area contributed by atoms with E-state index < -0.39 is 11.5 Å². The molecular formula is C18H28ClFN4O3. The number of halogens is 2. The van der Waals surface area contributed by atoms with Gasteiger partial charge in [-0.05, 0) is 39.2 Å². The van der Waals surface area contributed by atoms with Gasteiger partial charge in [0, 0.05) is 30.6 Å². The van der Waals surface area contributed by atoms with E-state index in [9.17, 15) is 14.0 Å². The number of hydrogen-bond acceptors (Lipinski definition) is 5. The first-order valence-electron chi connectivity index (χ1n) is 9.76. The molecule has 4 atom stereocenters. The number of likely N-dealkylation sites (N-methyl/N-ethyl adjacent to an activating group) is 1. The molecular weight excluding hydrogens is 375 g/mol. The minimum atomic E-state index is -1.07. The van der Waals surface area contributed by atoms with Crippen molar-refractivity contribution in [2.24, 2.45) is 0 Å². The molecule has 1 heterocycles. The molecule has 5 rings (SSSR count). The monoisotopic (exact) mass is 402 g/mol. The molecule has 4 saturated carbocycles. The summed E-state index contributed by atoms with van der Waals surface area (Å²) in [5.41, 5.74) is -0.379. The first-order chi connectivity index (χ1) is 12.8. The van der Waals surface area contributed by atoms with Gasteiger partial charge in [-0.15, -0.1) is 11.6 Å². The van der Waals surface area contributed by atoms with Gasteiger partial charge in [0.2, 0.25) is 5.91 Å². The van der Waals surface area contributed by atoms with E-state index in [1.165, 1.54) is 0 Å². The van der Waals surface area contributed by atoms with Crippen LogP contribution in [0.3, 0.4) is 0 Å². The molecule has 1 aliphatic heterocycles. The summed E-state index contributed by atoms with van der Waals surface area (Å²) >= 11 is 5.87. The summed E-state index contributed by atoms with van der Waals surface area (Å²) in [5, 5.41) is 8.92. The first-order valence-corrected chi connectivity index (χ1v) is 10.2. The van der Waals surface area contributed by atoms with E-state index in [2.05, 4.69) is 16.0 Å². The highest BCUT2D eigenvalue weighted by molar-refractivity contribution is 6.21. The van der Waals surface area contributed by atoms with E-state index in [4.69, 9.17) is 16.3 Å². The smallest absolute Gasteiger partial charge is 0.252 e. The van der Waals surface area contributed by atoms with E-state index in [-0.39, 0.29) is 48.2 Å². The molecule has 27 heavy (non-hydrogen) atoms. The van der Waals surface area contributed by atoms with Crippen LogP contribution in [0.15, 0.2) is 0 Å². The van der Waals surface area contributed by atoms with Crippen molar-refractivity contribution in [2.75, 3.05) is 26.7 Å². The molecule has 4 unspecified atom stereocenters. The van der Waals surface area contributed by atoms with E-state index in [1.54, 1.807) is 0 Å². The lowest BCUT2D eigenvalue weighted by Gasteiger charge is -2.70. The van der Waals surface area contributed by atoms with Crippen LogP contribution in [0.25, 0.3) is 0 Å². The lowest BCUT2D eigenvalue weighted by atomic mass is 9.44. The van der Waals surface area contributed by atoms with Crippen molar-refractivity contribution in [1.82, 2.24) is 20.9 Å². The van der Waals surface area contributed by atoms with Gasteiger partial charge in [-0.2, -0.15) is 0 Å². The Labute approximate surface area is 163 Å². The van der Waals surface area contributed by atoms with Gasteiger partial charge in [0.25, 0.3) is 5.91 Å². The van der Waals surface area contributed by atoms with Crippen LogP contribution < -0.4 is 16.0 Å². The van der Waals surface area contributed by atoms with Crippen molar-refractivity contribution in [3.8, 4) is 0 Å². The summed E-state index contributed by atoms with van der Waals surface area (Å²) in [7, 11) is 1.93. The van der Waals surface area contributed by atoms with Crippen LogP contribution in [0.2, 0.25) is 0 Å². The molecule has 0 aromatic carbocycles. The predicted molar refractivity (Wildman–Crippen MR) is 98.1 cm³/mol. The number of hydrogen-bond donors (Lipinski definition) is 3. The average molecular weight is 403 g/mol. The normalized spacial score (nSPS) is 43.5. The standard InChI is InChI=1S/C18H28ClFN4O3/c1-24-5-4-21-15(24)16(26)23-18-8-17(9-18,10-18)22-14(25)7-27-11-2-3-12(19)13(20)6-11/h11-13,15,21H,2-10H2,1H3,(H,22,25)(H,23,26). The second-order valence-electron chi connectivity index (χ2n) is 8.74. The zero-order chi connectivity index (χ0) is 19.2. The molecule has 7 nitrogen and oxygen atoms in total. The Morgan fingerprint density at radius 2 is 1.96 bits per heavy atom. The van der Waals surface area contributed by atoms with Gasteiger partial charge in [0.15, 0.2) is 0 Å². The Morgan fingerprint density at radius 3 is 2.59 bits per heavy atom. The minimum Gasteiger partial charge on any atom is -0.368 e. The van der Waals surface area contributed by atoms with Crippen LogP contribution in [-0.2, 0) is 14.3 Å². The number of carbonyl (C=O) groups is 2. The highest BCUT2D eigenvalue weighted by Gasteiger charge is 2.69. The Balaban J connectivity index is 1.16. The third-order valence-corrected chi connectivity index (χ3v) is 6.90. The van der Waals surface area contributed by atoms with Gasteiger partial charge < -0.3 is 15.4 Å². The van der Waals surface area contributed by atoms with E-state index in [1.807, 2.05) is 11.9 Å². The van der Waals surface area contributed by atoms with Gasteiger partial charge in [-0.25, -0.2) is 4.39 Å². The molecule has 3 N–H and O–H groups in total. The molecule has 9 heteroatoms. The van der Waals surface area contributed by atoms with Crippen LogP contribution in [0.4, 0.5) is 4.39 Å². The lowest BCUT2D eigenvalue weighted by Crippen LogP contribution is -2.84. The predicted octanol–water partition coefficient (Wildman–Crippen LogP) is 0.270. The molecule has 0 radical (unpaired) electrons. The Kier molecular flexibility index (Phi) is 5.12. The second kappa shape index (κ2) is 7.13. The molecule has 0 aromatic rings. The number of ether oxygens (including phenoxy) is 1. The topological polar surface area (TPSA) is 82.7 Å². The number of nitrogens with zero attached hydrogens (tertiary/aromatic N) is 1. The minimum absolute atomic E-state index is 0.00799. The zero-order valence-electron chi connectivity index (χ0n) is 15.6. The van der Waals surface area contributed by atoms with Crippen molar-refractivity contribution < 1.29 is 18.7 Å². The first kappa shape index (κ1) is 19.4. The number of nitrogens with one attached hydrogen (secondary N) is 3. The third-order valence-electron chi connectivity index (χ3n) is 6.41. The molecule has 5 aliphatic rings. The summed E-state index contributed by atoms with van der Waals surface area (Å²) in [4.78, 5) is 26.6. The fraction of sp³-hybridized carbons (Fsp3) is 0.889. The van der Waals surface area contributed by atoms with Crippen molar-refractivity contribution >= 4 is 23.4 Å². The summed E-state index contributed by atoms with van der Waals surface area (Å²) in [6.07, 6.45) is 2.23. The molecule has 2 bridgehead atoms. The maximum absolute atomic E-state index is 13.6. The molecule has 0 spiro atoms. The molecule has 0 aromatic heterocycles. The van der Waals surface area contributed by atoms with E-state index in [0.29, 0.717) is 12.8 Å². The van der Waals surface area contributed by atoms with Gasteiger partial charge in [0.1, 0.15) is 18.9 Å². The average Bonchev–Trinajstić information content (AvgIpc) is 2.99. The molecule has 5 fully saturated rings. The molecule has 1 saturated heterocycles.